The van der Waals surface area contributed by atoms with Gasteiger partial charge in [0.15, 0.2) is 0 Å². The van der Waals surface area contributed by atoms with E-state index in [0.29, 0.717) is 30.8 Å². The van der Waals surface area contributed by atoms with Crippen molar-refractivity contribution in [1.29, 1.82) is 0 Å². The molecule has 2 aromatic carbocycles. The zero-order valence-electron chi connectivity index (χ0n) is 15.9. The summed E-state index contributed by atoms with van der Waals surface area (Å²) >= 11 is 0. The molecule has 0 saturated heterocycles. The lowest BCUT2D eigenvalue weighted by atomic mass is 10.1. The van der Waals surface area contributed by atoms with Crippen molar-refractivity contribution in [3.05, 3.63) is 82.1 Å². The SMILES string of the molecule is CCc1ccc(-c2ccc(=O)[nH]n2)cc1S(=O)(=O)N(CC)Cc1ccccc1. The van der Waals surface area contributed by atoms with Crippen molar-refractivity contribution < 1.29 is 8.42 Å². The van der Waals surface area contributed by atoms with Crippen molar-refractivity contribution >= 4 is 10.0 Å². The zero-order valence-corrected chi connectivity index (χ0v) is 16.7. The van der Waals surface area contributed by atoms with Crippen molar-refractivity contribution in [2.24, 2.45) is 0 Å². The highest BCUT2D eigenvalue weighted by molar-refractivity contribution is 7.89. The standard InChI is InChI=1S/C21H23N3O3S/c1-3-17-10-11-18(19-12-13-21(25)23-22-19)14-20(17)28(26,27)24(4-2)15-16-8-6-5-7-9-16/h5-14H,3-4,15H2,1-2H3,(H,23,25). The molecular weight excluding hydrogens is 374 g/mol. The maximum Gasteiger partial charge on any atom is 0.264 e. The van der Waals surface area contributed by atoms with Gasteiger partial charge in [0.25, 0.3) is 5.56 Å². The maximum atomic E-state index is 13.4. The van der Waals surface area contributed by atoms with Crippen LogP contribution in [0.2, 0.25) is 0 Å². The topological polar surface area (TPSA) is 83.1 Å². The Morgan fingerprint density at radius 3 is 2.36 bits per heavy atom. The number of sulfonamides is 1. The van der Waals surface area contributed by atoms with Crippen LogP contribution in [0.15, 0.2) is 70.4 Å². The third-order valence-electron chi connectivity index (χ3n) is 4.60. The van der Waals surface area contributed by atoms with Gasteiger partial charge in [-0.05, 0) is 29.7 Å². The van der Waals surface area contributed by atoms with E-state index in [2.05, 4.69) is 10.2 Å². The van der Waals surface area contributed by atoms with Gasteiger partial charge in [0.1, 0.15) is 0 Å². The molecule has 28 heavy (non-hydrogen) atoms. The molecule has 0 atom stereocenters. The van der Waals surface area contributed by atoms with Gasteiger partial charge in [0.05, 0.1) is 10.6 Å². The molecule has 1 heterocycles. The molecule has 0 aliphatic carbocycles. The summed E-state index contributed by atoms with van der Waals surface area (Å²) in [6, 6.07) is 17.8. The summed E-state index contributed by atoms with van der Waals surface area (Å²) in [5.74, 6) is 0. The van der Waals surface area contributed by atoms with Gasteiger partial charge < -0.3 is 0 Å². The van der Waals surface area contributed by atoms with Gasteiger partial charge in [-0.1, -0.05) is 56.3 Å². The molecule has 3 rings (SSSR count). The summed E-state index contributed by atoms with van der Waals surface area (Å²) in [4.78, 5) is 11.5. The second-order valence-electron chi connectivity index (χ2n) is 6.40. The summed E-state index contributed by atoms with van der Waals surface area (Å²) in [5.41, 5.74) is 2.54. The molecule has 0 fully saturated rings. The molecule has 146 valence electrons. The van der Waals surface area contributed by atoms with E-state index < -0.39 is 10.0 Å². The van der Waals surface area contributed by atoms with Crippen LogP contribution in [0.3, 0.4) is 0 Å². The Morgan fingerprint density at radius 2 is 1.75 bits per heavy atom. The Morgan fingerprint density at radius 1 is 1.00 bits per heavy atom. The lowest BCUT2D eigenvalue weighted by Gasteiger charge is -2.22. The second kappa shape index (κ2) is 8.50. The van der Waals surface area contributed by atoms with Crippen molar-refractivity contribution in [1.82, 2.24) is 14.5 Å². The molecular formula is C21H23N3O3S. The molecule has 0 unspecified atom stereocenters. The number of H-pyrrole nitrogens is 1. The van der Waals surface area contributed by atoms with Crippen molar-refractivity contribution in [2.75, 3.05) is 6.54 Å². The second-order valence-corrected chi connectivity index (χ2v) is 8.31. The van der Waals surface area contributed by atoms with E-state index in [1.54, 1.807) is 12.1 Å². The summed E-state index contributed by atoms with van der Waals surface area (Å²) < 4.78 is 28.3. The van der Waals surface area contributed by atoms with E-state index >= 15 is 0 Å². The maximum absolute atomic E-state index is 13.4. The summed E-state index contributed by atoms with van der Waals surface area (Å²) in [5, 5.41) is 6.40. The molecule has 0 spiro atoms. The third kappa shape index (κ3) is 4.21. The van der Waals surface area contributed by atoms with Crippen LogP contribution in [0, 0.1) is 0 Å². The highest BCUT2D eigenvalue weighted by Crippen LogP contribution is 2.27. The average Bonchev–Trinajstić information content (AvgIpc) is 2.72. The minimum absolute atomic E-state index is 0.276. The summed E-state index contributed by atoms with van der Waals surface area (Å²) in [6.07, 6.45) is 0.594. The van der Waals surface area contributed by atoms with E-state index in [0.717, 1.165) is 11.1 Å². The largest absolute Gasteiger partial charge is 0.268 e. The van der Waals surface area contributed by atoms with Crippen molar-refractivity contribution in [3.63, 3.8) is 0 Å². The molecule has 0 saturated carbocycles. The predicted octanol–water partition coefficient (Wildman–Crippen LogP) is 3.21. The first kappa shape index (κ1) is 20.0. The van der Waals surface area contributed by atoms with Crippen LogP contribution >= 0.6 is 0 Å². The first-order valence-corrected chi connectivity index (χ1v) is 10.6. The molecule has 0 radical (unpaired) electrons. The Hall–Kier alpha value is -2.77. The van der Waals surface area contributed by atoms with Crippen LogP contribution in [-0.2, 0) is 23.0 Å². The lowest BCUT2D eigenvalue weighted by Crippen LogP contribution is -2.31. The smallest absolute Gasteiger partial charge is 0.264 e. The zero-order chi connectivity index (χ0) is 20.1. The van der Waals surface area contributed by atoms with Crippen LogP contribution in [0.25, 0.3) is 11.3 Å². The van der Waals surface area contributed by atoms with Gasteiger partial charge in [-0.3, -0.25) is 4.79 Å². The average molecular weight is 398 g/mol. The lowest BCUT2D eigenvalue weighted by molar-refractivity contribution is 0.423. The normalized spacial score (nSPS) is 11.7. The molecule has 0 bridgehead atoms. The van der Waals surface area contributed by atoms with E-state index in [4.69, 9.17) is 0 Å². The molecule has 6 nitrogen and oxygen atoms in total. The van der Waals surface area contributed by atoms with Crippen molar-refractivity contribution in [3.8, 4) is 11.3 Å². The molecule has 0 aliphatic rings. The predicted molar refractivity (Wildman–Crippen MR) is 109 cm³/mol. The highest BCUT2D eigenvalue weighted by Gasteiger charge is 2.26. The van der Waals surface area contributed by atoms with Crippen LogP contribution in [0.5, 0.6) is 0 Å². The molecule has 0 amide bonds. The summed E-state index contributed by atoms with van der Waals surface area (Å²) in [7, 11) is -3.70. The quantitative estimate of drug-likeness (QED) is 0.664. The number of nitrogens with one attached hydrogen (secondary N) is 1. The molecule has 3 aromatic rings. The van der Waals surface area contributed by atoms with Gasteiger partial charge in [-0.15, -0.1) is 0 Å². The van der Waals surface area contributed by atoms with Gasteiger partial charge in [-0.2, -0.15) is 9.40 Å². The summed E-state index contributed by atoms with van der Waals surface area (Å²) in [6.45, 7) is 4.44. The number of hydrogen-bond donors (Lipinski definition) is 1. The number of benzene rings is 2. The van der Waals surface area contributed by atoms with Crippen LogP contribution in [0.1, 0.15) is 25.0 Å². The van der Waals surface area contributed by atoms with Gasteiger partial charge in [0, 0.05) is 24.7 Å². The molecule has 1 N–H and O–H groups in total. The molecule has 7 heteroatoms. The first-order valence-electron chi connectivity index (χ1n) is 9.18. The number of nitrogens with zero attached hydrogens (tertiary/aromatic N) is 2. The Labute approximate surface area is 164 Å². The monoisotopic (exact) mass is 397 g/mol. The molecule has 1 aromatic heterocycles. The number of aromatic amines is 1. The van der Waals surface area contributed by atoms with E-state index in [1.807, 2.05) is 56.3 Å². The van der Waals surface area contributed by atoms with Crippen LogP contribution in [-0.4, -0.2) is 29.5 Å². The first-order chi connectivity index (χ1) is 13.5. The van der Waals surface area contributed by atoms with Gasteiger partial charge in [-0.25, -0.2) is 13.5 Å². The van der Waals surface area contributed by atoms with Crippen LogP contribution < -0.4 is 5.56 Å². The van der Waals surface area contributed by atoms with E-state index in [1.165, 1.54) is 10.4 Å². The fourth-order valence-electron chi connectivity index (χ4n) is 3.04. The van der Waals surface area contributed by atoms with Crippen molar-refractivity contribution in [2.45, 2.75) is 31.7 Å². The minimum Gasteiger partial charge on any atom is -0.268 e. The third-order valence-corrected chi connectivity index (χ3v) is 6.60. The fourth-order valence-corrected chi connectivity index (χ4v) is 4.80. The van der Waals surface area contributed by atoms with Gasteiger partial charge >= 0.3 is 0 Å². The van der Waals surface area contributed by atoms with E-state index in [9.17, 15) is 13.2 Å². The van der Waals surface area contributed by atoms with E-state index in [-0.39, 0.29) is 10.5 Å². The fraction of sp³-hybridized carbons (Fsp3) is 0.238. The Balaban J connectivity index is 2.04. The van der Waals surface area contributed by atoms with Gasteiger partial charge in [0.2, 0.25) is 10.0 Å². The Kier molecular flexibility index (Phi) is 6.06. The molecule has 0 aliphatic heterocycles. The number of aryl methyl sites for hydroxylation is 1. The Bertz CT molecular complexity index is 1090. The number of rotatable bonds is 7. The number of aromatic nitrogens is 2. The van der Waals surface area contributed by atoms with Crippen LogP contribution in [0.4, 0.5) is 0 Å². The number of hydrogen-bond acceptors (Lipinski definition) is 4. The highest BCUT2D eigenvalue weighted by atomic mass is 32.2. The minimum atomic E-state index is -3.70.